The fourth-order valence-electron chi connectivity index (χ4n) is 6.81. The summed E-state index contributed by atoms with van der Waals surface area (Å²) in [4.78, 5) is 21.7. The van der Waals surface area contributed by atoms with Gasteiger partial charge in [0, 0.05) is 66.8 Å². The number of aromatic nitrogens is 3. The maximum Gasteiger partial charge on any atom is 0.250 e. The van der Waals surface area contributed by atoms with Crippen molar-refractivity contribution in [2.45, 2.75) is 82.6 Å². The Bertz CT molecular complexity index is 1300. The topological polar surface area (TPSA) is 51.0 Å². The minimum Gasteiger partial charge on any atom is -0.297 e. The Kier molecular flexibility index (Phi) is 6.46. The molecule has 0 unspecified atom stereocenters. The zero-order valence-electron chi connectivity index (χ0n) is 21.8. The van der Waals surface area contributed by atoms with Gasteiger partial charge in [-0.1, -0.05) is 31.9 Å². The van der Waals surface area contributed by atoms with Gasteiger partial charge in [0.05, 0.1) is 16.2 Å². The summed E-state index contributed by atoms with van der Waals surface area (Å²) in [5, 5.41) is 6.31. The van der Waals surface area contributed by atoms with Gasteiger partial charge in [-0.3, -0.25) is 14.4 Å². The van der Waals surface area contributed by atoms with Gasteiger partial charge in [-0.25, -0.2) is 13.8 Å². The molecule has 0 N–H and O–H groups in total. The van der Waals surface area contributed by atoms with Crippen LogP contribution in [0.1, 0.15) is 84.2 Å². The summed E-state index contributed by atoms with van der Waals surface area (Å²) in [7, 11) is 1.89. The van der Waals surface area contributed by atoms with Crippen LogP contribution in [0.2, 0.25) is 0 Å². The summed E-state index contributed by atoms with van der Waals surface area (Å²) < 4.78 is 28.8. The molecule has 0 bridgehead atoms. The molecule has 3 aromatic rings. The van der Waals surface area contributed by atoms with Gasteiger partial charge in [-0.2, -0.15) is 5.10 Å². The van der Waals surface area contributed by atoms with Crippen molar-refractivity contribution in [3.8, 4) is 0 Å². The van der Waals surface area contributed by atoms with E-state index in [4.69, 9.17) is 4.98 Å². The smallest absolute Gasteiger partial charge is 0.250 e. The number of hydrogen-bond acceptors (Lipinski definition) is 5. The summed E-state index contributed by atoms with van der Waals surface area (Å²) in [6.45, 7) is 4.89. The van der Waals surface area contributed by atoms with Crippen LogP contribution in [0.4, 0.5) is 8.78 Å². The molecule has 1 aliphatic heterocycles. The predicted octanol–water partition coefficient (Wildman–Crippen LogP) is 6.54. The molecule has 0 amide bonds. The average molecular weight is 527 g/mol. The van der Waals surface area contributed by atoms with Crippen molar-refractivity contribution < 1.29 is 13.6 Å². The molecule has 2 saturated carbocycles. The monoisotopic (exact) mass is 526 g/mol. The van der Waals surface area contributed by atoms with Crippen molar-refractivity contribution in [2.24, 2.45) is 18.9 Å². The summed E-state index contributed by atoms with van der Waals surface area (Å²) in [6, 6.07) is 5.83. The number of Topliss-reactive ketones (excluding diaryl/α,β-unsaturated/α-hetero) is 1. The number of nitrogens with zero attached hydrogens (tertiary/aromatic N) is 4. The van der Waals surface area contributed by atoms with Crippen LogP contribution in [0.25, 0.3) is 10.9 Å². The van der Waals surface area contributed by atoms with Crippen LogP contribution in [0, 0.1) is 11.8 Å². The predicted molar refractivity (Wildman–Crippen MR) is 142 cm³/mol. The van der Waals surface area contributed by atoms with Gasteiger partial charge in [0.2, 0.25) is 5.92 Å². The summed E-state index contributed by atoms with van der Waals surface area (Å²) >= 11 is 1.67. The van der Waals surface area contributed by atoms with E-state index in [2.05, 4.69) is 10.00 Å². The number of rotatable bonds is 7. The van der Waals surface area contributed by atoms with Crippen LogP contribution in [-0.4, -0.2) is 44.5 Å². The number of carbonyl (C=O) groups excluding carboxylic acids is 1. The van der Waals surface area contributed by atoms with E-state index in [0.717, 1.165) is 72.0 Å². The third kappa shape index (κ3) is 5.11. The minimum absolute atomic E-state index is 0.0659. The third-order valence-electron chi connectivity index (χ3n) is 8.88. The first-order valence-corrected chi connectivity index (χ1v) is 14.5. The van der Waals surface area contributed by atoms with E-state index in [1.54, 1.807) is 16.0 Å². The number of fused-ring (bicyclic) bond motifs is 2. The van der Waals surface area contributed by atoms with Gasteiger partial charge in [0.1, 0.15) is 0 Å². The van der Waals surface area contributed by atoms with Crippen molar-refractivity contribution >= 4 is 28.0 Å². The fraction of sp³-hybridized carbons (Fsp3) is 0.621. The second kappa shape index (κ2) is 9.53. The lowest BCUT2D eigenvalue weighted by molar-refractivity contribution is -0.121. The largest absolute Gasteiger partial charge is 0.297 e. The maximum absolute atomic E-state index is 13.5. The Morgan fingerprint density at radius 1 is 1.16 bits per heavy atom. The first-order chi connectivity index (χ1) is 17.7. The molecule has 37 heavy (non-hydrogen) atoms. The standard InChI is InChI=1S/C29H36F2N4OS/c1-28(17-29(30,31)18-28)27-32-24-16-35(13-11-26(24)37-27)12-10-19-6-8-20(9-7-19)14-25(36)21-4-3-5-23-22(21)15-34(2)33-23/h3-5,15,19-20H,6-14,16-18H2,1-2H3. The highest BCUT2D eigenvalue weighted by molar-refractivity contribution is 7.12. The third-order valence-corrected chi connectivity index (χ3v) is 10.3. The van der Waals surface area contributed by atoms with Crippen molar-refractivity contribution in [3.63, 3.8) is 0 Å². The first-order valence-electron chi connectivity index (χ1n) is 13.7. The molecular weight excluding hydrogens is 490 g/mol. The molecule has 0 radical (unpaired) electrons. The molecule has 2 fully saturated rings. The van der Waals surface area contributed by atoms with Gasteiger partial charge < -0.3 is 0 Å². The second-order valence-electron chi connectivity index (χ2n) is 12.0. The van der Waals surface area contributed by atoms with Crippen LogP contribution in [0.15, 0.2) is 24.4 Å². The molecule has 3 aliphatic rings. The Morgan fingerprint density at radius 2 is 1.92 bits per heavy atom. The Balaban J connectivity index is 0.969. The van der Waals surface area contributed by atoms with Gasteiger partial charge in [0.25, 0.3) is 0 Å². The number of alkyl halides is 2. The molecule has 2 aliphatic carbocycles. The average Bonchev–Trinajstić information content (AvgIpc) is 3.44. The zero-order valence-corrected chi connectivity index (χ0v) is 22.6. The van der Waals surface area contributed by atoms with E-state index in [1.807, 2.05) is 38.4 Å². The molecule has 3 heterocycles. The highest BCUT2D eigenvalue weighted by Gasteiger charge is 2.56. The molecule has 0 saturated heterocycles. The van der Waals surface area contributed by atoms with Crippen LogP contribution in [-0.2, 0) is 25.4 Å². The van der Waals surface area contributed by atoms with E-state index in [1.165, 1.54) is 24.1 Å². The first kappa shape index (κ1) is 25.1. The van der Waals surface area contributed by atoms with Gasteiger partial charge in [-0.15, -0.1) is 11.3 Å². The summed E-state index contributed by atoms with van der Waals surface area (Å²) in [5.74, 6) is -1.08. The highest BCUT2D eigenvalue weighted by Crippen LogP contribution is 2.54. The van der Waals surface area contributed by atoms with Crippen LogP contribution >= 0.6 is 11.3 Å². The van der Waals surface area contributed by atoms with E-state index in [0.29, 0.717) is 12.3 Å². The van der Waals surface area contributed by atoms with Crippen LogP contribution < -0.4 is 0 Å². The lowest BCUT2D eigenvalue weighted by atomic mass is 9.68. The molecule has 0 spiro atoms. The van der Waals surface area contributed by atoms with Gasteiger partial charge in [-0.05, 0) is 50.1 Å². The fourth-order valence-corrected chi connectivity index (χ4v) is 8.01. The van der Waals surface area contributed by atoms with Crippen molar-refractivity contribution in [1.29, 1.82) is 0 Å². The SMILES string of the molecule is Cn1cc2c(C(=O)CC3CCC(CCN4CCc5sc(C6(C)CC(F)(F)C6)nc5C4)CC3)cccc2n1. The van der Waals surface area contributed by atoms with E-state index in [-0.39, 0.29) is 18.6 Å². The van der Waals surface area contributed by atoms with Gasteiger partial charge >= 0.3 is 0 Å². The highest BCUT2D eigenvalue weighted by atomic mass is 32.1. The number of halogens is 2. The van der Waals surface area contributed by atoms with Crippen molar-refractivity contribution in [2.75, 3.05) is 13.1 Å². The Hall–Kier alpha value is -2.19. The Labute approximate surface area is 221 Å². The maximum atomic E-state index is 13.5. The van der Waals surface area contributed by atoms with E-state index in [9.17, 15) is 13.6 Å². The van der Waals surface area contributed by atoms with Crippen LogP contribution in [0.5, 0.6) is 0 Å². The van der Waals surface area contributed by atoms with Gasteiger partial charge in [0.15, 0.2) is 5.78 Å². The molecular formula is C29H36F2N4OS. The normalized spacial score (nSPS) is 25.1. The van der Waals surface area contributed by atoms with E-state index < -0.39 is 11.3 Å². The molecule has 8 heteroatoms. The molecule has 6 rings (SSSR count). The number of thiazole rings is 1. The van der Waals surface area contributed by atoms with E-state index >= 15 is 0 Å². The Morgan fingerprint density at radius 3 is 2.68 bits per heavy atom. The molecule has 0 atom stereocenters. The van der Waals surface area contributed by atoms with Crippen molar-refractivity contribution in [3.05, 3.63) is 45.5 Å². The molecule has 1 aromatic carbocycles. The van der Waals surface area contributed by atoms with Crippen LogP contribution in [0.3, 0.4) is 0 Å². The lowest BCUT2D eigenvalue weighted by Crippen LogP contribution is -2.47. The number of aryl methyl sites for hydroxylation is 1. The number of carbonyl (C=O) groups is 1. The zero-order chi connectivity index (χ0) is 25.8. The summed E-state index contributed by atoms with van der Waals surface area (Å²) in [5.41, 5.74) is 2.37. The molecule has 198 valence electrons. The summed E-state index contributed by atoms with van der Waals surface area (Å²) in [6.07, 6.45) is 9.26. The lowest BCUT2D eigenvalue weighted by Gasteiger charge is -2.43. The molecule has 2 aromatic heterocycles. The minimum atomic E-state index is -2.52. The molecule has 5 nitrogen and oxygen atoms in total. The van der Waals surface area contributed by atoms with Crippen molar-refractivity contribution in [1.82, 2.24) is 19.7 Å². The number of ketones is 1. The number of hydrogen-bond donors (Lipinski definition) is 0. The second-order valence-corrected chi connectivity index (χ2v) is 13.1. The quantitative estimate of drug-likeness (QED) is 0.328. The number of benzene rings is 1.